The van der Waals surface area contributed by atoms with E-state index in [4.69, 9.17) is 10.5 Å². The summed E-state index contributed by atoms with van der Waals surface area (Å²) in [5.41, 5.74) is 5.30. The van der Waals surface area contributed by atoms with E-state index in [0.29, 0.717) is 0 Å². The molecule has 106 valence electrons. The maximum absolute atomic E-state index is 13.3. The minimum absolute atomic E-state index is 0.127. The Kier molecular flexibility index (Phi) is 3.92. The quantitative estimate of drug-likeness (QED) is 0.847. The summed E-state index contributed by atoms with van der Waals surface area (Å²) < 4.78 is 18.3. The van der Waals surface area contributed by atoms with E-state index in [0.717, 1.165) is 4.90 Å². The number of benzene rings is 1. The molecule has 1 heterocycles. The van der Waals surface area contributed by atoms with Crippen molar-refractivity contribution in [3.63, 3.8) is 0 Å². The first kappa shape index (κ1) is 13.9. The fourth-order valence-corrected chi connectivity index (χ4v) is 1.99. The van der Waals surface area contributed by atoms with E-state index in [2.05, 4.69) is 5.18 Å². The first-order valence-electron chi connectivity index (χ1n) is 5.86. The molecule has 0 aromatic heterocycles. The number of likely N-dealkylation sites (tertiary alicyclic amines) is 1. The second-order valence-electron chi connectivity index (χ2n) is 4.36. The third-order valence-electron chi connectivity index (χ3n) is 2.96. The van der Waals surface area contributed by atoms with Gasteiger partial charge in [-0.2, -0.15) is 0 Å². The highest BCUT2D eigenvalue weighted by Gasteiger charge is 2.39. The number of alkyl halides is 1. The lowest BCUT2D eigenvalue weighted by Gasteiger charge is -2.20. The van der Waals surface area contributed by atoms with Crippen LogP contribution in [0.15, 0.2) is 29.4 Å². The van der Waals surface area contributed by atoms with Crippen LogP contribution in [-0.4, -0.2) is 35.7 Å². The molecule has 1 aromatic rings. The highest BCUT2D eigenvalue weighted by Crippen LogP contribution is 2.23. The van der Waals surface area contributed by atoms with Gasteiger partial charge in [0.1, 0.15) is 23.7 Å². The van der Waals surface area contributed by atoms with E-state index in [-0.39, 0.29) is 24.4 Å². The van der Waals surface area contributed by atoms with Gasteiger partial charge in [-0.05, 0) is 29.4 Å². The summed E-state index contributed by atoms with van der Waals surface area (Å²) in [6, 6.07) is 4.47. The molecule has 1 aromatic carbocycles. The molecule has 0 aliphatic carbocycles. The Hall–Kier alpha value is -2.51. The van der Waals surface area contributed by atoms with Crippen molar-refractivity contribution in [1.82, 2.24) is 4.90 Å². The molecule has 0 radical (unpaired) electrons. The van der Waals surface area contributed by atoms with Crippen LogP contribution in [0, 0.1) is 4.91 Å². The van der Waals surface area contributed by atoms with E-state index >= 15 is 0 Å². The fraction of sp³-hybridized carbons (Fsp3) is 0.333. The van der Waals surface area contributed by atoms with E-state index in [1.54, 1.807) is 0 Å². The summed E-state index contributed by atoms with van der Waals surface area (Å²) in [7, 11) is 0. The number of nitroso groups, excluding NO2 is 1. The number of amides is 2. The van der Waals surface area contributed by atoms with Gasteiger partial charge in [0, 0.05) is 6.42 Å². The number of hydrogen-bond donors (Lipinski definition) is 1. The summed E-state index contributed by atoms with van der Waals surface area (Å²) in [5.74, 6) is -0.615. The third kappa shape index (κ3) is 2.90. The monoisotopic (exact) mass is 281 g/mol. The van der Waals surface area contributed by atoms with Gasteiger partial charge in [-0.25, -0.2) is 9.18 Å². The van der Waals surface area contributed by atoms with Crippen LogP contribution in [-0.2, 0) is 4.79 Å². The number of nitrogens with zero attached hydrogens (tertiary/aromatic N) is 2. The average Bonchev–Trinajstić information content (AvgIpc) is 2.82. The van der Waals surface area contributed by atoms with E-state index < -0.39 is 24.2 Å². The van der Waals surface area contributed by atoms with Crippen molar-refractivity contribution in [2.75, 3.05) is 6.54 Å². The molecular formula is C12H12FN3O4. The van der Waals surface area contributed by atoms with Gasteiger partial charge in [-0.15, -0.1) is 4.91 Å². The van der Waals surface area contributed by atoms with Gasteiger partial charge in [0.2, 0.25) is 5.91 Å². The van der Waals surface area contributed by atoms with Crippen molar-refractivity contribution in [3.05, 3.63) is 29.2 Å². The molecule has 0 bridgehead atoms. The van der Waals surface area contributed by atoms with Crippen LogP contribution in [0.3, 0.4) is 0 Å². The van der Waals surface area contributed by atoms with Crippen LogP contribution < -0.4 is 10.5 Å². The molecule has 2 amide bonds. The minimum Gasteiger partial charge on any atom is -0.410 e. The first-order chi connectivity index (χ1) is 9.51. The zero-order valence-electron chi connectivity index (χ0n) is 10.4. The Morgan fingerprint density at radius 1 is 1.35 bits per heavy atom. The maximum atomic E-state index is 13.3. The minimum atomic E-state index is -1.30. The summed E-state index contributed by atoms with van der Waals surface area (Å²) >= 11 is 0. The third-order valence-corrected chi connectivity index (χ3v) is 2.96. The molecule has 8 heteroatoms. The molecule has 2 atom stereocenters. The largest absolute Gasteiger partial charge is 0.416 e. The van der Waals surface area contributed by atoms with E-state index in [1.807, 2.05) is 0 Å². The van der Waals surface area contributed by atoms with E-state index in [9.17, 15) is 18.9 Å². The van der Waals surface area contributed by atoms with Crippen LogP contribution in [0.4, 0.5) is 14.9 Å². The van der Waals surface area contributed by atoms with Gasteiger partial charge in [0.15, 0.2) is 0 Å². The molecule has 1 aliphatic heterocycles. The van der Waals surface area contributed by atoms with Gasteiger partial charge in [0.25, 0.3) is 0 Å². The summed E-state index contributed by atoms with van der Waals surface area (Å²) in [4.78, 5) is 34.2. The molecule has 0 spiro atoms. The van der Waals surface area contributed by atoms with E-state index in [1.165, 1.54) is 24.3 Å². The molecule has 20 heavy (non-hydrogen) atoms. The Morgan fingerprint density at radius 3 is 2.55 bits per heavy atom. The molecule has 1 fully saturated rings. The molecule has 0 unspecified atom stereocenters. The SMILES string of the molecule is NC(=O)[C@@H]1C[C@H](F)CN1C(=O)Oc1ccc(N=O)cc1. The molecule has 1 saturated heterocycles. The number of hydrogen-bond acceptors (Lipinski definition) is 5. The number of rotatable bonds is 3. The van der Waals surface area contributed by atoms with Crippen LogP contribution in [0.1, 0.15) is 6.42 Å². The van der Waals surface area contributed by atoms with Gasteiger partial charge >= 0.3 is 6.09 Å². The van der Waals surface area contributed by atoms with Gasteiger partial charge < -0.3 is 10.5 Å². The zero-order valence-corrected chi connectivity index (χ0v) is 10.4. The van der Waals surface area contributed by atoms with Crippen molar-refractivity contribution in [1.29, 1.82) is 0 Å². The Morgan fingerprint density at radius 2 is 2.00 bits per heavy atom. The highest BCUT2D eigenvalue weighted by atomic mass is 19.1. The summed E-state index contributed by atoms with van der Waals surface area (Å²) in [6.45, 7) is -0.236. The number of ether oxygens (including phenoxy) is 1. The standard InChI is InChI=1S/C12H12FN3O4/c13-7-5-10(11(14)17)16(6-7)12(18)20-9-3-1-8(15-19)2-4-9/h1-4,7,10H,5-6H2,(H2,14,17)/t7-,10-/m0/s1. The number of carbonyl (C=O) groups is 2. The predicted molar refractivity (Wildman–Crippen MR) is 67.1 cm³/mol. The topological polar surface area (TPSA) is 102 Å². The fourth-order valence-electron chi connectivity index (χ4n) is 1.99. The van der Waals surface area contributed by atoms with Crippen molar-refractivity contribution in [2.24, 2.45) is 10.9 Å². The normalized spacial score (nSPS) is 21.6. The molecule has 1 aliphatic rings. The van der Waals surface area contributed by atoms with Crippen molar-refractivity contribution in [3.8, 4) is 5.75 Å². The number of halogens is 1. The van der Waals surface area contributed by atoms with Gasteiger partial charge in [-0.1, -0.05) is 0 Å². The maximum Gasteiger partial charge on any atom is 0.416 e. The number of carbonyl (C=O) groups excluding carboxylic acids is 2. The lowest BCUT2D eigenvalue weighted by atomic mass is 10.2. The van der Waals surface area contributed by atoms with Crippen LogP contribution in [0.25, 0.3) is 0 Å². The zero-order chi connectivity index (χ0) is 14.7. The second-order valence-corrected chi connectivity index (χ2v) is 4.36. The van der Waals surface area contributed by atoms with Crippen molar-refractivity contribution < 1.29 is 18.7 Å². The predicted octanol–water partition coefficient (Wildman–Crippen LogP) is 1.48. The first-order valence-corrected chi connectivity index (χ1v) is 5.86. The molecule has 0 saturated carbocycles. The lowest BCUT2D eigenvalue weighted by molar-refractivity contribution is -0.121. The van der Waals surface area contributed by atoms with Crippen molar-refractivity contribution in [2.45, 2.75) is 18.6 Å². The Balaban J connectivity index is 2.06. The van der Waals surface area contributed by atoms with Crippen molar-refractivity contribution >= 4 is 17.7 Å². The van der Waals surface area contributed by atoms with Gasteiger partial charge in [-0.3, -0.25) is 9.69 Å². The molecule has 7 nitrogen and oxygen atoms in total. The Bertz CT molecular complexity index is 534. The van der Waals surface area contributed by atoms with Crippen LogP contribution in [0.5, 0.6) is 5.75 Å². The molecular weight excluding hydrogens is 269 g/mol. The van der Waals surface area contributed by atoms with Crippen LogP contribution >= 0.6 is 0 Å². The number of nitrogens with two attached hydrogens (primary N) is 1. The lowest BCUT2D eigenvalue weighted by Crippen LogP contribution is -2.45. The summed E-state index contributed by atoms with van der Waals surface area (Å²) in [5, 5.41) is 2.70. The number of primary amides is 1. The average molecular weight is 281 g/mol. The smallest absolute Gasteiger partial charge is 0.410 e. The Labute approximate surface area is 113 Å². The summed E-state index contributed by atoms with van der Waals surface area (Å²) in [6.07, 6.45) is -2.29. The second kappa shape index (κ2) is 5.64. The molecule has 2 N–H and O–H groups in total. The van der Waals surface area contributed by atoms with Gasteiger partial charge in [0.05, 0.1) is 6.54 Å². The molecule has 2 rings (SSSR count). The highest BCUT2D eigenvalue weighted by molar-refractivity contribution is 5.85. The van der Waals surface area contributed by atoms with Crippen LogP contribution in [0.2, 0.25) is 0 Å².